The SMILES string of the molecule is CCCOc1cccc(N2CCN(S(C)(=O)=O)CC2)c1S(=O)[O-]. The number of nitrogens with zero attached hydrogens (tertiary/aromatic N) is 2. The van der Waals surface area contributed by atoms with Crippen molar-refractivity contribution in [2.45, 2.75) is 18.2 Å². The number of hydrogen-bond acceptors (Lipinski definition) is 6. The van der Waals surface area contributed by atoms with Gasteiger partial charge in [0.15, 0.2) is 0 Å². The second-order valence-electron chi connectivity index (χ2n) is 5.34. The second kappa shape index (κ2) is 7.61. The summed E-state index contributed by atoms with van der Waals surface area (Å²) in [5.41, 5.74) is 0.556. The first-order chi connectivity index (χ1) is 10.8. The maximum absolute atomic E-state index is 11.7. The minimum Gasteiger partial charge on any atom is -0.768 e. The third kappa shape index (κ3) is 4.43. The number of hydrogen-bond donors (Lipinski definition) is 0. The van der Waals surface area contributed by atoms with Gasteiger partial charge in [-0.2, -0.15) is 4.31 Å². The van der Waals surface area contributed by atoms with Gasteiger partial charge in [0, 0.05) is 26.2 Å². The topological polar surface area (TPSA) is 90.0 Å². The number of anilines is 1. The molecule has 0 aromatic heterocycles. The molecule has 2 rings (SSSR count). The van der Waals surface area contributed by atoms with E-state index in [9.17, 15) is 17.2 Å². The summed E-state index contributed by atoms with van der Waals surface area (Å²) in [7, 11) is -3.22. The van der Waals surface area contributed by atoms with Gasteiger partial charge in [-0.15, -0.1) is 0 Å². The summed E-state index contributed by atoms with van der Waals surface area (Å²) in [5, 5.41) is 0. The Kier molecular flexibility index (Phi) is 6.01. The molecule has 1 saturated heterocycles. The molecule has 1 unspecified atom stereocenters. The average Bonchev–Trinajstić information content (AvgIpc) is 2.51. The molecule has 0 saturated carbocycles. The molecule has 1 aliphatic rings. The number of piperazine rings is 1. The van der Waals surface area contributed by atoms with Crippen molar-refractivity contribution in [2.75, 3.05) is 43.9 Å². The molecular weight excluding hydrogens is 340 g/mol. The van der Waals surface area contributed by atoms with Crippen LogP contribution in [0.15, 0.2) is 23.1 Å². The molecule has 0 spiro atoms. The van der Waals surface area contributed by atoms with E-state index >= 15 is 0 Å². The fourth-order valence-corrected chi connectivity index (χ4v) is 3.99. The molecule has 130 valence electrons. The summed E-state index contributed by atoms with van der Waals surface area (Å²) in [5.74, 6) is 0.336. The van der Waals surface area contributed by atoms with Crippen LogP contribution in [-0.4, -0.2) is 60.5 Å². The van der Waals surface area contributed by atoms with Gasteiger partial charge >= 0.3 is 0 Å². The van der Waals surface area contributed by atoms with E-state index in [1.165, 1.54) is 10.6 Å². The van der Waals surface area contributed by atoms with Crippen LogP contribution in [-0.2, 0) is 21.1 Å². The fraction of sp³-hybridized carbons (Fsp3) is 0.571. The predicted octanol–water partition coefficient (Wildman–Crippen LogP) is 0.795. The molecule has 7 nitrogen and oxygen atoms in total. The van der Waals surface area contributed by atoms with Crippen LogP contribution in [0.3, 0.4) is 0 Å². The van der Waals surface area contributed by atoms with E-state index in [0.29, 0.717) is 44.2 Å². The normalized spacial score (nSPS) is 18.0. The lowest BCUT2D eigenvalue weighted by Gasteiger charge is -2.36. The molecule has 0 N–H and O–H groups in total. The quantitative estimate of drug-likeness (QED) is 0.696. The van der Waals surface area contributed by atoms with Gasteiger partial charge in [0.25, 0.3) is 0 Å². The van der Waals surface area contributed by atoms with Crippen LogP contribution in [0.4, 0.5) is 5.69 Å². The van der Waals surface area contributed by atoms with E-state index < -0.39 is 21.1 Å². The van der Waals surface area contributed by atoms with Crippen LogP contribution < -0.4 is 9.64 Å². The molecule has 0 aliphatic carbocycles. The highest BCUT2D eigenvalue weighted by molar-refractivity contribution is 7.88. The molecule has 0 radical (unpaired) electrons. The van der Waals surface area contributed by atoms with E-state index in [2.05, 4.69) is 0 Å². The van der Waals surface area contributed by atoms with Gasteiger partial charge in [-0.1, -0.05) is 13.0 Å². The number of ether oxygens (including phenoxy) is 1. The summed E-state index contributed by atoms with van der Waals surface area (Å²) >= 11 is -2.43. The zero-order valence-corrected chi connectivity index (χ0v) is 14.9. The molecule has 0 amide bonds. The Hall–Kier alpha value is -1.16. The Labute approximate surface area is 139 Å². The molecule has 23 heavy (non-hydrogen) atoms. The van der Waals surface area contributed by atoms with E-state index in [0.717, 1.165) is 6.42 Å². The van der Waals surface area contributed by atoms with Crippen molar-refractivity contribution < 1.29 is 21.9 Å². The molecule has 1 fully saturated rings. The molecule has 9 heteroatoms. The summed E-state index contributed by atoms with van der Waals surface area (Å²) in [6.07, 6.45) is 1.96. The van der Waals surface area contributed by atoms with Crippen molar-refractivity contribution in [3.8, 4) is 5.75 Å². The Morgan fingerprint density at radius 2 is 1.91 bits per heavy atom. The lowest BCUT2D eigenvalue weighted by atomic mass is 10.2. The summed E-state index contributed by atoms with van der Waals surface area (Å²) in [4.78, 5) is 2.01. The Balaban J connectivity index is 2.25. The minimum absolute atomic E-state index is 0.133. The van der Waals surface area contributed by atoms with Crippen LogP contribution in [0.1, 0.15) is 13.3 Å². The number of sulfonamides is 1. The zero-order chi connectivity index (χ0) is 17.0. The highest BCUT2D eigenvalue weighted by Gasteiger charge is 2.25. The molecule has 1 aliphatic heterocycles. The first-order valence-electron chi connectivity index (χ1n) is 7.39. The summed E-state index contributed by atoms with van der Waals surface area (Å²) in [6, 6.07) is 5.11. The maximum atomic E-state index is 11.7. The van der Waals surface area contributed by atoms with Crippen molar-refractivity contribution in [1.29, 1.82) is 0 Å². The summed E-state index contributed by atoms with van der Waals surface area (Å²) in [6.45, 7) is 3.94. The number of rotatable bonds is 6. The van der Waals surface area contributed by atoms with Crippen molar-refractivity contribution in [3.05, 3.63) is 18.2 Å². The molecule has 0 bridgehead atoms. The Morgan fingerprint density at radius 1 is 1.26 bits per heavy atom. The van der Waals surface area contributed by atoms with Gasteiger partial charge in [0.1, 0.15) is 5.75 Å². The Morgan fingerprint density at radius 3 is 2.43 bits per heavy atom. The average molecular weight is 361 g/mol. The van der Waals surface area contributed by atoms with Crippen LogP contribution in [0.5, 0.6) is 5.75 Å². The minimum atomic E-state index is -3.22. The maximum Gasteiger partial charge on any atom is 0.211 e. The van der Waals surface area contributed by atoms with Crippen molar-refractivity contribution in [1.82, 2.24) is 4.31 Å². The third-order valence-corrected chi connectivity index (χ3v) is 5.68. The van der Waals surface area contributed by atoms with Gasteiger partial charge in [-0.05, 0) is 29.6 Å². The standard InChI is InChI=1S/C14H22N2O5S2/c1-3-11-21-13-6-4-5-12(14(13)22(17)18)15-7-9-16(10-8-15)23(2,19)20/h4-6H,3,7-11H2,1-2H3,(H,17,18)/p-1. The smallest absolute Gasteiger partial charge is 0.211 e. The largest absolute Gasteiger partial charge is 0.768 e. The van der Waals surface area contributed by atoms with Gasteiger partial charge < -0.3 is 14.2 Å². The predicted molar refractivity (Wildman–Crippen MR) is 88.0 cm³/mol. The first-order valence-corrected chi connectivity index (χ1v) is 10.3. The van der Waals surface area contributed by atoms with Crippen LogP contribution in [0.2, 0.25) is 0 Å². The molecule has 1 aromatic rings. The van der Waals surface area contributed by atoms with E-state index in [4.69, 9.17) is 4.74 Å². The molecule has 1 atom stereocenters. The van der Waals surface area contributed by atoms with Gasteiger partial charge in [0.2, 0.25) is 10.0 Å². The highest BCUT2D eigenvalue weighted by Crippen LogP contribution is 2.33. The van der Waals surface area contributed by atoms with Crippen molar-refractivity contribution in [3.63, 3.8) is 0 Å². The van der Waals surface area contributed by atoms with Gasteiger partial charge in [-0.25, -0.2) is 8.42 Å². The van der Waals surface area contributed by atoms with Crippen LogP contribution >= 0.6 is 0 Å². The molecular formula is C14H21N2O5S2-. The fourth-order valence-electron chi connectivity index (χ4n) is 2.51. The van der Waals surface area contributed by atoms with Crippen LogP contribution in [0.25, 0.3) is 0 Å². The third-order valence-electron chi connectivity index (χ3n) is 3.63. The first kappa shape index (κ1) is 18.2. The van der Waals surface area contributed by atoms with E-state index in [1.54, 1.807) is 18.2 Å². The zero-order valence-electron chi connectivity index (χ0n) is 13.2. The van der Waals surface area contributed by atoms with Crippen molar-refractivity contribution >= 4 is 26.8 Å². The van der Waals surface area contributed by atoms with Gasteiger partial charge in [-0.3, -0.25) is 4.21 Å². The molecule has 1 heterocycles. The van der Waals surface area contributed by atoms with E-state index in [1.807, 2.05) is 11.8 Å². The highest BCUT2D eigenvalue weighted by atomic mass is 32.2. The van der Waals surface area contributed by atoms with Gasteiger partial charge in [0.05, 0.1) is 23.4 Å². The second-order valence-corrected chi connectivity index (χ2v) is 8.20. The monoisotopic (exact) mass is 361 g/mol. The Bertz CT molecular complexity index is 670. The lowest BCUT2D eigenvalue weighted by molar-refractivity contribution is 0.308. The molecule has 1 aromatic carbocycles. The lowest BCUT2D eigenvalue weighted by Crippen LogP contribution is -2.48. The van der Waals surface area contributed by atoms with Crippen LogP contribution in [0, 0.1) is 0 Å². The van der Waals surface area contributed by atoms with E-state index in [-0.39, 0.29) is 4.90 Å². The summed E-state index contributed by atoms with van der Waals surface area (Å²) < 4.78 is 53.4. The number of benzene rings is 1. The van der Waals surface area contributed by atoms with Crippen molar-refractivity contribution in [2.24, 2.45) is 0 Å².